The highest BCUT2D eigenvalue weighted by molar-refractivity contribution is 8.18. The smallest absolute Gasteiger partial charge is 0.294 e. The molecular formula is C31H26N4O3S. The Bertz CT molecular complexity index is 1710. The number of nitriles is 1. The number of carbonyl (C=O) groups excluding carboxylic acids is 3. The molecule has 2 heterocycles. The molecule has 0 bridgehead atoms. The van der Waals surface area contributed by atoms with Gasteiger partial charge < -0.3 is 9.88 Å². The zero-order chi connectivity index (χ0) is 27.7. The lowest BCUT2D eigenvalue weighted by molar-refractivity contribution is -0.127. The highest BCUT2D eigenvalue weighted by atomic mass is 32.2. The Hall–Kier alpha value is -4.61. The van der Waals surface area contributed by atoms with E-state index in [1.165, 1.54) is 0 Å². The fourth-order valence-electron chi connectivity index (χ4n) is 4.88. The second-order valence-corrected chi connectivity index (χ2v) is 10.4. The molecule has 3 amide bonds. The number of hydrogen-bond acceptors (Lipinski definition) is 5. The number of benzene rings is 3. The summed E-state index contributed by atoms with van der Waals surface area (Å²) in [7, 11) is 0. The van der Waals surface area contributed by atoms with E-state index in [-0.39, 0.29) is 11.4 Å². The van der Waals surface area contributed by atoms with Crippen LogP contribution in [0.4, 0.5) is 10.5 Å². The van der Waals surface area contributed by atoms with Crippen LogP contribution in [0.5, 0.6) is 0 Å². The van der Waals surface area contributed by atoms with Crippen LogP contribution in [0.15, 0.2) is 71.6 Å². The molecule has 1 fully saturated rings. The lowest BCUT2D eigenvalue weighted by Crippen LogP contribution is -2.36. The van der Waals surface area contributed by atoms with Gasteiger partial charge in [-0.05, 0) is 67.4 Å². The highest BCUT2D eigenvalue weighted by Crippen LogP contribution is 2.36. The van der Waals surface area contributed by atoms with Crippen molar-refractivity contribution in [3.63, 3.8) is 0 Å². The first-order chi connectivity index (χ1) is 18.8. The van der Waals surface area contributed by atoms with Gasteiger partial charge in [-0.2, -0.15) is 5.26 Å². The van der Waals surface area contributed by atoms with E-state index in [0.717, 1.165) is 55.5 Å². The maximum absolute atomic E-state index is 13.3. The average molecular weight is 535 g/mol. The summed E-state index contributed by atoms with van der Waals surface area (Å²) in [5.74, 6) is -0.924. The number of carbonyl (C=O) groups is 3. The lowest BCUT2D eigenvalue weighted by atomic mass is 10.1. The molecule has 1 N–H and O–H groups in total. The Balaban J connectivity index is 1.44. The first-order valence-electron chi connectivity index (χ1n) is 12.5. The number of nitrogens with one attached hydrogen (secondary N) is 1. The molecule has 3 aromatic carbocycles. The van der Waals surface area contributed by atoms with Gasteiger partial charge in [-0.25, -0.2) is 0 Å². The van der Waals surface area contributed by atoms with Gasteiger partial charge in [-0.15, -0.1) is 0 Å². The van der Waals surface area contributed by atoms with E-state index in [2.05, 4.69) is 16.0 Å². The fraction of sp³-hybridized carbons (Fsp3) is 0.161. The standard InChI is InChI=1S/C31H26N4O3S/c1-19-9-8-10-20(2)29(19)33-28(36)18-35-30(37)27(39-31(35)38)15-25-21(3)34(26-14-7-6-13-24(25)26)17-23-12-5-4-11-22(23)16-32/h4-15H,17-18H2,1-3H3,(H,33,36)/b27-15-. The van der Waals surface area contributed by atoms with E-state index in [1.807, 2.05) is 81.4 Å². The summed E-state index contributed by atoms with van der Waals surface area (Å²) in [5, 5.41) is 12.8. The zero-order valence-electron chi connectivity index (χ0n) is 21.8. The summed E-state index contributed by atoms with van der Waals surface area (Å²) in [5.41, 5.74) is 6.69. The van der Waals surface area contributed by atoms with Crippen molar-refractivity contribution < 1.29 is 14.4 Å². The number of imide groups is 1. The maximum atomic E-state index is 13.3. The van der Waals surface area contributed by atoms with Gasteiger partial charge >= 0.3 is 0 Å². The van der Waals surface area contributed by atoms with Crippen LogP contribution in [0.2, 0.25) is 0 Å². The number of aromatic nitrogens is 1. The van der Waals surface area contributed by atoms with Gasteiger partial charge in [-0.3, -0.25) is 19.3 Å². The summed E-state index contributed by atoms with van der Waals surface area (Å²) >= 11 is 0.834. The molecule has 8 heteroatoms. The van der Waals surface area contributed by atoms with Crippen LogP contribution < -0.4 is 5.32 Å². The predicted octanol–water partition coefficient (Wildman–Crippen LogP) is 6.16. The number of fused-ring (bicyclic) bond motifs is 1. The van der Waals surface area contributed by atoms with E-state index < -0.39 is 17.1 Å². The van der Waals surface area contributed by atoms with E-state index in [9.17, 15) is 19.6 Å². The van der Waals surface area contributed by atoms with Crippen molar-refractivity contribution in [3.05, 3.63) is 105 Å². The zero-order valence-corrected chi connectivity index (χ0v) is 22.6. The van der Waals surface area contributed by atoms with Crippen molar-refractivity contribution in [2.45, 2.75) is 27.3 Å². The SMILES string of the molecule is Cc1cccc(C)c1NC(=O)CN1C(=O)S/C(=C\c2c(C)n(Cc3ccccc3C#N)c3ccccc23)C1=O. The quantitative estimate of drug-likeness (QED) is 0.299. The number of para-hydroxylation sites is 2. The average Bonchev–Trinajstić information content (AvgIpc) is 3.34. The largest absolute Gasteiger partial charge is 0.340 e. The summed E-state index contributed by atoms with van der Waals surface area (Å²) in [6.45, 7) is 5.88. The van der Waals surface area contributed by atoms with Gasteiger partial charge in [0.15, 0.2) is 0 Å². The number of nitrogens with zero attached hydrogens (tertiary/aromatic N) is 3. The van der Waals surface area contributed by atoms with Crippen molar-refractivity contribution in [3.8, 4) is 6.07 Å². The third-order valence-electron chi connectivity index (χ3n) is 6.94. The molecule has 0 unspecified atom stereocenters. The van der Waals surface area contributed by atoms with Crippen LogP contribution in [-0.2, 0) is 16.1 Å². The van der Waals surface area contributed by atoms with Gasteiger partial charge in [0.2, 0.25) is 5.91 Å². The third kappa shape index (κ3) is 4.97. The summed E-state index contributed by atoms with van der Waals surface area (Å²) < 4.78 is 2.11. The van der Waals surface area contributed by atoms with Crippen LogP contribution in [0.3, 0.4) is 0 Å². The number of thioether (sulfide) groups is 1. The molecule has 194 valence electrons. The molecule has 1 aromatic heterocycles. The maximum Gasteiger partial charge on any atom is 0.294 e. The molecule has 0 atom stereocenters. The molecule has 4 aromatic rings. The Kier molecular flexibility index (Phi) is 7.09. The molecule has 1 aliphatic heterocycles. The van der Waals surface area contributed by atoms with Crippen molar-refractivity contribution >= 4 is 51.5 Å². The molecule has 1 aliphatic rings. The van der Waals surface area contributed by atoms with Crippen LogP contribution in [0.25, 0.3) is 17.0 Å². The van der Waals surface area contributed by atoms with Gasteiger partial charge in [0, 0.05) is 34.4 Å². The van der Waals surface area contributed by atoms with E-state index in [4.69, 9.17) is 0 Å². The van der Waals surface area contributed by atoms with E-state index in [0.29, 0.717) is 17.8 Å². The number of hydrogen-bond donors (Lipinski definition) is 1. The number of amides is 3. The molecule has 0 aliphatic carbocycles. The Labute approximate surface area is 230 Å². The molecule has 0 radical (unpaired) electrons. The minimum absolute atomic E-state index is 0.267. The first-order valence-corrected chi connectivity index (χ1v) is 13.3. The van der Waals surface area contributed by atoms with Crippen molar-refractivity contribution in [1.29, 1.82) is 5.26 Å². The van der Waals surface area contributed by atoms with Crippen LogP contribution in [0, 0.1) is 32.1 Å². The minimum atomic E-state index is -0.493. The Morgan fingerprint density at radius 1 is 0.974 bits per heavy atom. The van der Waals surface area contributed by atoms with Gasteiger partial charge in [0.25, 0.3) is 11.1 Å². The molecule has 1 saturated heterocycles. The topological polar surface area (TPSA) is 95.2 Å². The molecule has 0 spiro atoms. The van der Waals surface area contributed by atoms with Crippen molar-refractivity contribution in [2.24, 2.45) is 0 Å². The van der Waals surface area contributed by atoms with E-state index in [1.54, 1.807) is 12.1 Å². The van der Waals surface area contributed by atoms with Gasteiger partial charge in [-0.1, -0.05) is 54.6 Å². The van der Waals surface area contributed by atoms with Crippen LogP contribution in [0.1, 0.15) is 33.5 Å². The minimum Gasteiger partial charge on any atom is -0.340 e. The Morgan fingerprint density at radius 3 is 2.41 bits per heavy atom. The highest BCUT2D eigenvalue weighted by Gasteiger charge is 2.36. The normalized spacial score (nSPS) is 14.3. The summed E-state index contributed by atoms with van der Waals surface area (Å²) in [6, 6.07) is 23.3. The van der Waals surface area contributed by atoms with Crippen molar-refractivity contribution in [2.75, 3.05) is 11.9 Å². The number of aryl methyl sites for hydroxylation is 2. The second kappa shape index (κ2) is 10.6. The number of rotatable bonds is 6. The fourth-order valence-corrected chi connectivity index (χ4v) is 5.70. The lowest BCUT2D eigenvalue weighted by Gasteiger charge is -2.15. The molecule has 5 rings (SSSR count). The van der Waals surface area contributed by atoms with E-state index >= 15 is 0 Å². The van der Waals surface area contributed by atoms with Gasteiger partial charge in [0.1, 0.15) is 6.54 Å². The first kappa shape index (κ1) is 26.0. The molecule has 39 heavy (non-hydrogen) atoms. The van der Waals surface area contributed by atoms with Gasteiger partial charge in [0.05, 0.1) is 16.5 Å². The molecule has 0 saturated carbocycles. The van der Waals surface area contributed by atoms with Crippen LogP contribution >= 0.6 is 11.8 Å². The summed E-state index contributed by atoms with van der Waals surface area (Å²) in [6.07, 6.45) is 1.73. The second-order valence-electron chi connectivity index (χ2n) is 9.45. The van der Waals surface area contributed by atoms with Crippen molar-refractivity contribution in [1.82, 2.24) is 9.47 Å². The third-order valence-corrected chi connectivity index (χ3v) is 7.85. The summed E-state index contributed by atoms with van der Waals surface area (Å²) in [4.78, 5) is 40.1. The van der Waals surface area contributed by atoms with Crippen LogP contribution in [-0.4, -0.2) is 33.1 Å². The molecular weight excluding hydrogens is 508 g/mol. The number of anilines is 1. The Morgan fingerprint density at radius 2 is 1.67 bits per heavy atom. The monoisotopic (exact) mass is 534 g/mol. The molecule has 7 nitrogen and oxygen atoms in total. The predicted molar refractivity (Wildman–Crippen MR) is 154 cm³/mol.